The zero-order chi connectivity index (χ0) is 55.5. The van der Waals surface area contributed by atoms with Crippen molar-refractivity contribution >= 4 is 0 Å². The number of rotatable bonds is 70. The van der Waals surface area contributed by atoms with E-state index in [9.17, 15) is 0 Å². The van der Waals surface area contributed by atoms with Crippen molar-refractivity contribution in [3.8, 4) is 0 Å². The molecule has 0 aromatic heterocycles. The maximum absolute atomic E-state index is 2.43. The van der Waals surface area contributed by atoms with Crippen LogP contribution in [0, 0.1) is 0 Å². The second kappa shape index (κ2) is 68.7. The summed E-state index contributed by atoms with van der Waals surface area (Å²) in [6.07, 6.45) is 103. The molecule has 0 bridgehead atoms. The highest BCUT2D eigenvalue weighted by Crippen LogP contribution is 2.21. The van der Waals surface area contributed by atoms with Crippen molar-refractivity contribution < 1.29 is 0 Å². The molecular formula is C78H150. The molecule has 0 fully saturated rings. The van der Waals surface area contributed by atoms with Gasteiger partial charge in [-0.2, -0.15) is 0 Å². The van der Waals surface area contributed by atoms with E-state index in [0.717, 1.165) is 0 Å². The molecule has 0 aliphatic carbocycles. The first-order valence-corrected chi connectivity index (χ1v) is 37.9. The molecule has 0 nitrogen and oxygen atoms in total. The molecule has 0 aliphatic rings. The summed E-state index contributed by atoms with van der Waals surface area (Å²) in [5.41, 5.74) is 3.12. The highest BCUT2D eigenvalue weighted by Gasteiger charge is 2.02. The Morgan fingerprint density at radius 2 is 0.218 bits per heavy atom. The maximum Gasteiger partial charge on any atom is -0.0279 e. The minimum Gasteiger partial charge on any atom is -0.0654 e. The zero-order valence-corrected chi connectivity index (χ0v) is 54.8. The molecule has 78 heavy (non-hydrogen) atoms. The van der Waals surface area contributed by atoms with Gasteiger partial charge >= 0.3 is 0 Å². The molecule has 0 saturated heterocycles. The molecule has 1 rings (SSSR count). The second-order valence-electron chi connectivity index (χ2n) is 26.7. The fraction of sp³-hybridized carbons (Fsp3) is 0.923. The third-order valence-corrected chi connectivity index (χ3v) is 18.7. The number of hydrogen-bond acceptors (Lipinski definition) is 0. The predicted molar refractivity (Wildman–Crippen MR) is 359 cm³/mol. The fourth-order valence-electron chi connectivity index (χ4n) is 13.0. The summed E-state index contributed by atoms with van der Waals surface area (Å²) in [4.78, 5) is 0. The SMILES string of the molecule is CCCCCCCCCCCCCCCCCCCCCCCCCCCCCCCCCCCCc1ccc(CCCCCCCCCCCCCCCCCCCCCCCCCCCCCCCCCCCC)cc1. The van der Waals surface area contributed by atoms with Crippen LogP contribution in [0.4, 0.5) is 0 Å². The smallest absolute Gasteiger partial charge is 0.0279 e. The van der Waals surface area contributed by atoms with Crippen molar-refractivity contribution in [1.82, 2.24) is 0 Å². The van der Waals surface area contributed by atoms with Crippen LogP contribution < -0.4 is 0 Å². The van der Waals surface area contributed by atoms with Crippen LogP contribution in [-0.2, 0) is 12.8 Å². The lowest BCUT2D eigenvalue weighted by atomic mass is 10.0. The molecule has 0 heteroatoms. The molecule has 0 saturated carbocycles. The summed E-state index contributed by atoms with van der Waals surface area (Å²) in [6.45, 7) is 4.63. The average molecular weight is 1090 g/mol. The minimum absolute atomic E-state index is 1.28. The van der Waals surface area contributed by atoms with E-state index < -0.39 is 0 Å². The van der Waals surface area contributed by atoms with Crippen molar-refractivity contribution in [3.63, 3.8) is 0 Å². The van der Waals surface area contributed by atoms with Crippen molar-refractivity contribution in [2.75, 3.05) is 0 Å². The van der Waals surface area contributed by atoms with E-state index in [1.807, 2.05) is 0 Å². The van der Waals surface area contributed by atoms with Gasteiger partial charge in [-0.3, -0.25) is 0 Å². The third kappa shape index (κ3) is 62.8. The molecule has 0 heterocycles. The summed E-state index contributed by atoms with van der Waals surface area (Å²) in [5.74, 6) is 0. The summed E-state index contributed by atoms with van der Waals surface area (Å²) in [7, 11) is 0. The van der Waals surface area contributed by atoms with Crippen molar-refractivity contribution in [2.45, 2.75) is 463 Å². The van der Waals surface area contributed by atoms with E-state index in [1.54, 1.807) is 11.1 Å². The maximum atomic E-state index is 2.43. The van der Waals surface area contributed by atoms with Gasteiger partial charge in [-0.05, 0) is 36.8 Å². The van der Waals surface area contributed by atoms with Crippen molar-refractivity contribution in [1.29, 1.82) is 0 Å². The van der Waals surface area contributed by atoms with Gasteiger partial charge in [0.1, 0.15) is 0 Å². The van der Waals surface area contributed by atoms with Gasteiger partial charge in [-0.25, -0.2) is 0 Å². The van der Waals surface area contributed by atoms with Crippen molar-refractivity contribution in [3.05, 3.63) is 35.4 Å². The lowest BCUT2D eigenvalue weighted by Crippen LogP contribution is -1.90. The average Bonchev–Trinajstić information content (AvgIpc) is 3.45. The van der Waals surface area contributed by atoms with E-state index in [0.29, 0.717) is 0 Å². The van der Waals surface area contributed by atoms with Crippen LogP contribution in [0.1, 0.15) is 462 Å². The van der Waals surface area contributed by atoms with Crippen LogP contribution in [0.3, 0.4) is 0 Å². The van der Waals surface area contributed by atoms with Gasteiger partial charge in [-0.1, -0.05) is 462 Å². The molecule has 0 radical (unpaired) electrons. The molecule has 0 N–H and O–H groups in total. The lowest BCUT2D eigenvalue weighted by molar-refractivity contribution is 0.511. The molecule has 0 spiro atoms. The molecule has 1 aromatic carbocycles. The summed E-state index contributed by atoms with van der Waals surface area (Å²) >= 11 is 0. The first-order chi connectivity index (χ1) is 38.9. The molecule has 0 atom stereocenters. The summed E-state index contributed by atoms with van der Waals surface area (Å²) < 4.78 is 0. The molecular weight excluding hydrogens is 937 g/mol. The van der Waals surface area contributed by atoms with E-state index in [1.165, 1.54) is 449 Å². The van der Waals surface area contributed by atoms with E-state index in [2.05, 4.69) is 38.1 Å². The normalized spacial score (nSPS) is 11.7. The Morgan fingerprint density at radius 3 is 0.321 bits per heavy atom. The van der Waals surface area contributed by atoms with Crippen LogP contribution in [-0.4, -0.2) is 0 Å². The third-order valence-electron chi connectivity index (χ3n) is 18.7. The fourth-order valence-corrected chi connectivity index (χ4v) is 13.0. The standard InChI is InChI=1S/C78H150/c1-3-5-7-9-11-13-15-17-19-21-23-25-27-29-31-33-35-37-39-41-43-45-47-49-51-53-55-57-59-61-63-65-67-69-71-77-73-75-78(76-74-77)72-70-68-66-64-62-60-58-56-54-52-50-48-46-44-42-40-38-36-34-32-30-28-26-24-22-20-18-16-14-12-10-8-6-4-2/h73-76H,3-72H2,1-2H3. The van der Waals surface area contributed by atoms with Gasteiger partial charge in [0.05, 0.1) is 0 Å². The Hall–Kier alpha value is -0.780. The Kier molecular flexibility index (Phi) is 66.3. The molecule has 1 aromatic rings. The van der Waals surface area contributed by atoms with Crippen LogP contribution in [0.25, 0.3) is 0 Å². The topological polar surface area (TPSA) is 0 Å². The number of hydrogen-bond donors (Lipinski definition) is 0. The Balaban J connectivity index is 1.69. The van der Waals surface area contributed by atoms with Crippen LogP contribution in [0.5, 0.6) is 0 Å². The van der Waals surface area contributed by atoms with Gasteiger partial charge < -0.3 is 0 Å². The minimum atomic E-state index is 1.28. The van der Waals surface area contributed by atoms with Gasteiger partial charge in [0.25, 0.3) is 0 Å². The quantitative estimate of drug-likeness (QED) is 0.0571. The predicted octanol–water partition coefficient (Wildman–Crippen LogP) is 29.3. The first kappa shape index (κ1) is 75.2. The summed E-state index contributed by atoms with van der Waals surface area (Å²) in [6, 6.07) is 9.73. The lowest BCUT2D eigenvalue weighted by Gasteiger charge is -2.06. The van der Waals surface area contributed by atoms with E-state index in [4.69, 9.17) is 0 Å². The van der Waals surface area contributed by atoms with E-state index in [-0.39, 0.29) is 0 Å². The zero-order valence-electron chi connectivity index (χ0n) is 54.8. The highest BCUT2D eigenvalue weighted by atomic mass is 14.1. The summed E-state index contributed by atoms with van der Waals surface area (Å²) in [5, 5.41) is 0. The van der Waals surface area contributed by atoms with Gasteiger partial charge in [-0.15, -0.1) is 0 Å². The number of unbranched alkanes of at least 4 members (excludes halogenated alkanes) is 66. The first-order valence-electron chi connectivity index (χ1n) is 37.9. The molecule has 0 aliphatic heterocycles. The van der Waals surface area contributed by atoms with Crippen LogP contribution in [0.2, 0.25) is 0 Å². The largest absolute Gasteiger partial charge is 0.0654 e. The Labute approximate surface area is 496 Å². The number of aryl methyl sites for hydroxylation is 2. The number of benzene rings is 1. The molecule has 0 unspecified atom stereocenters. The van der Waals surface area contributed by atoms with Gasteiger partial charge in [0.15, 0.2) is 0 Å². The monoisotopic (exact) mass is 1090 g/mol. The second-order valence-corrected chi connectivity index (χ2v) is 26.7. The van der Waals surface area contributed by atoms with E-state index >= 15 is 0 Å². The van der Waals surface area contributed by atoms with Crippen molar-refractivity contribution in [2.24, 2.45) is 0 Å². The highest BCUT2D eigenvalue weighted by molar-refractivity contribution is 5.22. The molecule has 0 amide bonds. The van der Waals surface area contributed by atoms with Crippen LogP contribution >= 0.6 is 0 Å². The van der Waals surface area contributed by atoms with Crippen LogP contribution in [0.15, 0.2) is 24.3 Å². The Bertz CT molecular complexity index is 1070. The Morgan fingerprint density at radius 1 is 0.128 bits per heavy atom. The molecule has 462 valence electrons. The van der Waals surface area contributed by atoms with Gasteiger partial charge in [0, 0.05) is 0 Å². The van der Waals surface area contributed by atoms with Gasteiger partial charge in [0.2, 0.25) is 0 Å².